The van der Waals surface area contributed by atoms with Gasteiger partial charge in [0.2, 0.25) is 0 Å². The molecule has 0 aliphatic carbocycles. The summed E-state index contributed by atoms with van der Waals surface area (Å²) in [7, 11) is 0. The Morgan fingerprint density at radius 3 is 2.39 bits per heavy atom. The maximum atomic E-state index is 10.7. The van der Waals surface area contributed by atoms with Crippen molar-refractivity contribution in [1.82, 2.24) is 10.1 Å². The third-order valence-corrected chi connectivity index (χ3v) is 5.11. The molecule has 3 aromatic rings. The number of halogens is 2. The molecule has 0 saturated carbocycles. The molecule has 0 spiro atoms. The summed E-state index contributed by atoms with van der Waals surface area (Å²) in [6, 6.07) is 6.82. The van der Waals surface area contributed by atoms with Crippen molar-refractivity contribution in [3.05, 3.63) is 51.9 Å². The van der Waals surface area contributed by atoms with Gasteiger partial charge >= 0.3 is 5.97 Å². The highest BCUT2D eigenvalue weighted by Crippen LogP contribution is 2.34. The van der Waals surface area contributed by atoms with Crippen LogP contribution in [0, 0.1) is 0 Å². The number of hydrogen-bond donors (Lipinski definition) is 5. The molecule has 0 amide bonds. The van der Waals surface area contributed by atoms with Crippen LogP contribution in [-0.4, -0.2) is 61.9 Å². The molecule has 0 unspecified atom stereocenters. The van der Waals surface area contributed by atoms with Gasteiger partial charge < -0.3 is 35.4 Å². The maximum Gasteiger partial charge on any atom is 0.303 e. The zero-order chi connectivity index (χ0) is 24.6. The van der Waals surface area contributed by atoms with E-state index in [-0.39, 0.29) is 18.9 Å². The lowest BCUT2D eigenvalue weighted by atomic mass is 10.1. The van der Waals surface area contributed by atoms with Crippen molar-refractivity contribution >= 4 is 40.1 Å². The second kappa shape index (κ2) is 12.1. The first-order valence-electron chi connectivity index (χ1n) is 9.81. The van der Waals surface area contributed by atoms with Gasteiger partial charge in [0.05, 0.1) is 53.2 Å². The highest BCUT2D eigenvalue weighted by Gasteiger charge is 2.21. The number of carboxylic acid groups (broad SMARTS) is 1. The molecule has 0 fully saturated rings. The van der Waals surface area contributed by atoms with E-state index in [4.69, 9.17) is 58.6 Å². The highest BCUT2D eigenvalue weighted by molar-refractivity contribution is 6.32. The normalized spacial score (nSPS) is 12.2. The van der Waals surface area contributed by atoms with Crippen molar-refractivity contribution in [1.29, 1.82) is 0 Å². The number of nitrogens with two attached hydrogens (primary N) is 1. The molecule has 0 aliphatic rings. The Morgan fingerprint density at radius 1 is 1.21 bits per heavy atom. The molecule has 0 saturated heterocycles. The lowest BCUT2D eigenvalue weighted by Gasteiger charge is -2.20. The Morgan fingerprint density at radius 2 is 1.88 bits per heavy atom. The fraction of sp³-hybridized carbons (Fsp3) is 0.381. The number of nitrogens with zero attached hydrogens (tertiary/aromatic N) is 2. The lowest BCUT2D eigenvalue weighted by Crippen LogP contribution is -2.50. The number of carboxylic acids is 1. The number of aliphatic hydroxyl groups is 3. The van der Waals surface area contributed by atoms with Crippen LogP contribution in [0.2, 0.25) is 10.0 Å². The first kappa shape index (κ1) is 26.8. The molecule has 0 bridgehead atoms. The molecule has 6 N–H and O–H groups in total. The molecule has 0 aliphatic heterocycles. The van der Waals surface area contributed by atoms with Crippen LogP contribution in [0.4, 0.5) is 0 Å². The van der Waals surface area contributed by atoms with Crippen LogP contribution in [0.3, 0.4) is 0 Å². The van der Waals surface area contributed by atoms with Crippen LogP contribution in [-0.2, 0) is 11.2 Å². The topological polar surface area (TPSA) is 172 Å². The van der Waals surface area contributed by atoms with E-state index >= 15 is 0 Å². The van der Waals surface area contributed by atoms with E-state index in [0.717, 1.165) is 0 Å². The largest absolute Gasteiger partial charge is 0.483 e. The number of carbonyl (C=O) groups is 1. The Kier molecular flexibility index (Phi) is 9.84. The summed E-state index contributed by atoms with van der Waals surface area (Å²) in [4.78, 5) is 14.9. The van der Waals surface area contributed by atoms with Crippen molar-refractivity contribution in [3.63, 3.8) is 0 Å². The van der Waals surface area contributed by atoms with E-state index in [9.17, 15) is 4.79 Å². The van der Waals surface area contributed by atoms with Gasteiger partial charge in [-0.05, 0) is 25.1 Å². The predicted octanol–water partition coefficient (Wildman–Crippen LogP) is 2.35. The van der Waals surface area contributed by atoms with E-state index in [1.54, 1.807) is 30.5 Å². The van der Waals surface area contributed by atoms with Gasteiger partial charge in [0.1, 0.15) is 11.9 Å². The van der Waals surface area contributed by atoms with Crippen molar-refractivity contribution in [2.45, 2.75) is 31.4 Å². The molecule has 1 aromatic carbocycles. The number of aliphatic carboxylic acids is 1. The number of hydrogen-bond acceptors (Lipinski definition) is 9. The van der Waals surface area contributed by atoms with Crippen LogP contribution >= 0.6 is 23.2 Å². The number of aryl methyl sites for hydroxylation is 1. The van der Waals surface area contributed by atoms with Crippen molar-refractivity contribution in [3.8, 4) is 5.75 Å². The second-order valence-corrected chi connectivity index (χ2v) is 8.14. The van der Waals surface area contributed by atoms with E-state index in [1.807, 2.05) is 6.92 Å². The Hall–Kier alpha value is -2.47. The minimum atomic E-state index is -1.21. The average molecular weight is 502 g/mol. The van der Waals surface area contributed by atoms with Crippen molar-refractivity contribution in [2.75, 3.05) is 19.8 Å². The summed E-state index contributed by atoms with van der Waals surface area (Å²) in [6.07, 6.45) is 1.44. The van der Waals surface area contributed by atoms with Crippen molar-refractivity contribution in [2.24, 2.45) is 5.73 Å². The molecule has 10 nitrogen and oxygen atoms in total. The van der Waals surface area contributed by atoms with Gasteiger partial charge in [0.25, 0.3) is 0 Å². The van der Waals surface area contributed by atoms with Gasteiger partial charge in [-0.3, -0.25) is 9.78 Å². The van der Waals surface area contributed by atoms with Crippen molar-refractivity contribution < 1.29 is 34.5 Å². The number of pyridine rings is 1. The summed E-state index contributed by atoms with van der Waals surface area (Å²) in [5.41, 5.74) is 5.68. The van der Waals surface area contributed by atoms with E-state index in [2.05, 4.69) is 10.1 Å². The Bertz CT molecular complexity index is 1050. The monoisotopic (exact) mass is 501 g/mol. The summed E-state index contributed by atoms with van der Waals surface area (Å²) in [5, 5.41) is 39.3. The van der Waals surface area contributed by atoms with E-state index < -0.39 is 31.3 Å². The first-order chi connectivity index (χ1) is 15.6. The van der Waals surface area contributed by atoms with Crippen LogP contribution in [0.1, 0.15) is 30.8 Å². The molecule has 3 rings (SSSR count). The Labute approximate surface area is 199 Å². The summed E-state index contributed by atoms with van der Waals surface area (Å²) in [5.74, 6) is -0.467. The third-order valence-electron chi connectivity index (χ3n) is 4.59. The van der Waals surface area contributed by atoms with Gasteiger partial charge in [0, 0.05) is 24.1 Å². The molecule has 12 heteroatoms. The Balaban J connectivity index is 0.000000414. The molecule has 2 heterocycles. The smallest absolute Gasteiger partial charge is 0.303 e. The highest BCUT2D eigenvalue weighted by atomic mass is 35.5. The number of aromatic nitrogens is 2. The maximum absolute atomic E-state index is 10.7. The molecule has 0 radical (unpaired) electrons. The summed E-state index contributed by atoms with van der Waals surface area (Å²) < 4.78 is 11.1. The van der Waals surface area contributed by atoms with Crippen LogP contribution in [0.5, 0.6) is 5.75 Å². The molecule has 1 atom stereocenters. The predicted molar refractivity (Wildman–Crippen MR) is 121 cm³/mol. The molecule has 2 aromatic heterocycles. The van der Waals surface area contributed by atoms with Gasteiger partial charge in [-0.25, -0.2) is 0 Å². The number of ether oxygens (including phenoxy) is 1. The zero-order valence-electron chi connectivity index (χ0n) is 17.7. The average Bonchev–Trinajstić information content (AvgIpc) is 3.19. The van der Waals surface area contributed by atoms with Gasteiger partial charge in [-0.1, -0.05) is 28.4 Å². The van der Waals surface area contributed by atoms with Gasteiger partial charge in [0.15, 0.2) is 5.58 Å². The van der Waals surface area contributed by atoms with Crippen LogP contribution < -0.4 is 10.5 Å². The quantitative estimate of drug-likeness (QED) is 0.292. The number of rotatable bonds is 9. The summed E-state index contributed by atoms with van der Waals surface area (Å²) in [6.45, 7) is 0.634. The second-order valence-electron chi connectivity index (χ2n) is 7.30. The van der Waals surface area contributed by atoms with Crippen LogP contribution in [0.15, 0.2) is 35.0 Å². The number of aliphatic hydroxyl groups excluding tert-OH is 3. The third kappa shape index (κ3) is 7.53. The molecule has 180 valence electrons. The number of benzene rings is 1. The minimum absolute atomic E-state index is 0.0310. The molecular weight excluding hydrogens is 477 g/mol. The number of fused-ring (bicyclic) bond motifs is 1. The summed E-state index contributed by atoms with van der Waals surface area (Å²) >= 11 is 12.1. The first-order valence-corrected chi connectivity index (χ1v) is 10.6. The van der Waals surface area contributed by atoms with Crippen LogP contribution in [0.25, 0.3) is 11.0 Å². The fourth-order valence-electron chi connectivity index (χ4n) is 2.51. The lowest BCUT2D eigenvalue weighted by molar-refractivity contribution is -0.136. The minimum Gasteiger partial charge on any atom is -0.483 e. The van der Waals surface area contributed by atoms with Gasteiger partial charge in [-0.2, -0.15) is 0 Å². The molecule has 33 heavy (non-hydrogen) atoms. The standard InChI is InChI=1S/C17H14Cl2N2O4.C4H11NO3/c1-9(13-3-2-10(18)8-20-13)24-16-7-15-11(6-12(16)19)14(21-25-15)4-5-17(22)23;5-4(1-6,2-7)3-8/h2-3,6-9H,4-5H2,1H3,(H,22,23);6-8H,1-3,5H2/t9-;/m1./s1. The fourth-order valence-corrected chi connectivity index (χ4v) is 2.83. The van der Waals surface area contributed by atoms with E-state index in [1.165, 1.54) is 0 Å². The van der Waals surface area contributed by atoms with E-state index in [0.29, 0.717) is 38.2 Å². The molecular formula is C21H25Cl2N3O7. The zero-order valence-corrected chi connectivity index (χ0v) is 19.3. The van der Waals surface area contributed by atoms with Gasteiger partial charge in [-0.15, -0.1) is 0 Å². The SMILES string of the molecule is C[C@@H](Oc1cc2onc(CCC(=O)O)c2cc1Cl)c1ccc(Cl)cn1.NC(CO)(CO)CO.